The minimum Gasteiger partial charge on any atom is -0.481 e. The van der Waals surface area contributed by atoms with E-state index in [1.165, 1.54) is 4.90 Å². The quantitative estimate of drug-likeness (QED) is 0.729. The number of hydrogen-bond acceptors (Lipinski definition) is 5. The van der Waals surface area contributed by atoms with Crippen molar-refractivity contribution < 1.29 is 24.2 Å². The molecule has 3 rings (SSSR count). The number of carbonyl (C=O) groups is 3. The molecule has 1 aromatic carbocycles. The molecule has 1 saturated heterocycles. The van der Waals surface area contributed by atoms with Gasteiger partial charge in [0.25, 0.3) is 5.91 Å². The maximum Gasteiger partial charge on any atom is 0.324 e. The van der Waals surface area contributed by atoms with E-state index in [0.717, 1.165) is 11.3 Å². The number of benzene rings is 1. The molecule has 0 spiro atoms. The van der Waals surface area contributed by atoms with Crippen molar-refractivity contribution in [1.82, 2.24) is 4.90 Å². The average Bonchev–Trinajstić information content (AvgIpc) is 3.10. The smallest absolute Gasteiger partial charge is 0.324 e. The first kappa shape index (κ1) is 18.9. The van der Waals surface area contributed by atoms with Crippen molar-refractivity contribution in [1.29, 1.82) is 0 Å². The van der Waals surface area contributed by atoms with Gasteiger partial charge in [0.2, 0.25) is 0 Å². The van der Waals surface area contributed by atoms with Crippen molar-refractivity contribution in [3.05, 3.63) is 47.3 Å². The van der Waals surface area contributed by atoms with Crippen LogP contribution in [0.4, 0.5) is 15.5 Å². The normalized spacial score (nSPS) is 16.6. The van der Waals surface area contributed by atoms with Gasteiger partial charge < -0.3 is 20.1 Å². The Labute approximate surface area is 159 Å². The zero-order valence-electron chi connectivity index (χ0n) is 14.4. The van der Waals surface area contributed by atoms with Crippen LogP contribution in [0.3, 0.4) is 0 Å². The van der Waals surface area contributed by atoms with Crippen molar-refractivity contribution in [2.24, 2.45) is 0 Å². The summed E-state index contributed by atoms with van der Waals surface area (Å²) in [5, 5.41) is 14.9. The number of nitrogens with zero attached hydrogens (tertiary/aromatic N) is 1. The monoisotopic (exact) mass is 389 g/mol. The summed E-state index contributed by atoms with van der Waals surface area (Å²) in [6.45, 7) is 0.914. The fourth-order valence-electron chi connectivity index (χ4n) is 2.75. The number of ether oxygens (including phenoxy) is 1. The Bertz CT molecular complexity index is 823. The van der Waals surface area contributed by atoms with Crippen molar-refractivity contribution in [3.8, 4) is 0 Å². The number of para-hydroxylation sites is 1. The Kier molecular flexibility index (Phi) is 6.05. The number of rotatable bonds is 5. The second-order valence-corrected chi connectivity index (χ2v) is 7.02. The fourth-order valence-corrected chi connectivity index (χ4v) is 3.61. The van der Waals surface area contributed by atoms with Gasteiger partial charge in [-0.25, -0.2) is 4.79 Å². The van der Waals surface area contributed by atoms with E-state index in [2.05, 4.69) is 10.6 Å². The Balaban J connectivity index is 1.63. The number of thiophene rings is 1. The molecule has 8 nitrogen and oxygen atoms in total. The molecule has 3 N–H and O–H groups in total. The molecule has 2 aromatic rings. The molecule has 1 aliphatic rings. The highest BCUT2D eigenvalue weighted by atomic mass is 32.1. The Hall–Kier alpha value is -2.91. The lowest BCUT2D eigenvalue weighted by Gasteiger charge is -2.34. The van der Waals surface area contributed by atoms with Gasteiger partial charge >= 0.3 is 12.0 Å². The van der Waals surface area contributed by atoms with Gasteiger partial charge in [-0.05, 0) is 24.3 Å². The van der Waals surface area contributed by atoms with E-state index in [1.807, 2.05) is 18.2 Å². The molecule has 0 aliphatic carbocycles. The van der Waals surface area contributed by atoms with Gasteiger partial charge in [-0.2, -0.15) is 0 Å². The molecule has 1 unspecified atom stereocenters. The van der Waals surface area contributed by atoms with E-state index in [9.17, 15) is 14.4 Å². The standard InChI is InChI=1S/C18H19N3O5S/c22-16(23)10-13-11-26-9-8-21(13)17(24)14-6-7-15(27-14)20-18(25)19-12-4-2-1-3-5-12/h1-7,13H,8-11H2,(H,22,23)(H2,19,20,25). The van der Waals surface area contributed by atoms with Crippen molar-refractivity contribution in [2.45, 2.75) is 12.5 Å². The molecule has 1 aromatic heterocycles. The highest BCUT2D eigenvalue weighted by Gasteiger charge is 2.30. The number of anilines is 2. The van der Waals surface area contributed by atoms with Crippen LogP contribution in [0, 0.1) is 0 Å². The third kappa shape index (κ3) is 5.05. The number of carbonyl (C=O) groups excluding carboxylic acids is 2. The third-order valence-corrected chi connectivity index (χ3v) is 4.97. The molecular weight excluding hydrogens is 370 g/mol. The molecule has 27 heavy (non-hydrogen) atoms. The lowest BCUT2D eigenvalue weighted by atomic mass is 10.1. The lowest BCUT2D eigenvalue weighted by molar-refractivity contribution is -0.139. The van der Waals surface area contributed by atoms with E-state index in [1.54, 1.807) is 24.3 Å². The lowest BCUT2D eigenvalue weighted by Crippen LogP contribution is -2.49. The van der Waals surface area contributed by atoms with Gasteiger partial charge in [-0.1, -0.05) is 18.2 Å². The first-order valence-electron chi connectivity index (χ1n) is 8.36. The van der Waals surface area contributed by atoms with Crippen LogP contribution in [0.1, 0.15) is 16.1 Å². The number of urea groups is 1. The van der Waals surface area contributed by atoms with Gasteiger partial charge in [-0.3, -0.25) is 14.9 Å². The van der Waals surface area contributed by atoms with Crippen LogP contribution in [0.5, 0.6) is 0 Å². The minimum atomic E-state index is -0.977. The van der Waals surface area contributed by atoms with Crippen LogP contribution in [0.2, 0.25) is 0 Å². The molecule has 1 atom stereocenters. The Morgan fingerprint density at radius 3 is 2.67 bits per heavy atom. The first-order chi connectivity index (χ1) is 13.0. The summed E-state index contributed by atoms with van der Waals surface area (Å²) >= 11 is 1.14. The van der Waals surface area contributed by atoms with Crippen LogP contribution in [-0.2, 0) is 9.53 Å². The maximum absolute atomic E-state index is 12.7. The predicted molar refractivity (Wildman–Crippen MR) is 101 cm³/mol. The molecule has 0 radical (unpaired) electrons. The third-order valence-electron chi connectivity index (χ3n) is 3.98. The fraction of sp³-hybridized carbons (Fsp3) is 0.278. The topological polar surface area (TPSA) is 108 Å². The van der Waals surface area contributed by atoms with Crippen LogP contribution in [-0.4, -0.2) is 53.7 Å². The van der Waals surface area contributed by atoms with Crippen molar-refractivity contribution >= 4 is 39.9 Å². The molecule has 1 fully saturated rings. The number of amides is 3. The molecule has 142 valence electrons. The molecular formula is C18H19N3O5S. The van der Waals surface area contributed by atoms with Crippen LogP contribution in [0.15, 0.2) is 42.5 Å². The minimum absolute atomic E-state index is 0.165. The molecule has 3 amide bonds. The van der Waals surface area contributed by atoms with Crippen molar-refractivity contribution in [3.63, 3.8) is 0 Å². The van der Waals surface area contributed by atoms with Gasteiger partial charge in [0.05, 0.1) is 35.6 Å². The molecule has 0 saturated carbocycles. The van der Waals surface area contributed by atoms with Gasteiger partial charge in [0, 0.05) is 12.2 Å². The zero-order chi connectivity index (χ0) is 19.2. The highest BCUT2D eigenvalue weighted by molar-refractivity contribution is 7.18. The highest BCUT2D eigenvalue weighted by Crippen LogP contribution is 2.25. The van der Waals surface area contributed by atoms with Crippen molar-refractivity contribution in [2.75, 3.05) is 30.4 Å². The number of carboxylic acid groups (broad SMARTS) is 1. The zero-order valence-corrected chi connectivity index (χ0v) is 15.2. The van der Waals surface area contributed by atoms with E-state index < -0.39 is 18.0 Å². The molecule has 0 bridgehead atoms. The summed E-state index contributed by atoms with van der Waals surface area (Å²) in [5.41, 5.74) is 0.660. The van der Waals surface area contributed by atoms with E-state index >= 15 is 0 Å². The summed E-state index contributed by atoms with van der Waals surface area (Å²) < 4.78 is 5.29. The van der Waals surface area contributed by atoms with Gasteiger partial charge in [0.1, 0.15) is 0 Å². The first-order valence-corrected chi connectivity index (χ1v) is 9.18. The Morgan fingerprint density at radius 1 is 1.15 bits per heavy atom. The van der Waals surface area contributed by atoms with E-state index in [0.29, 0.717) is 28.7 Å². The van der Waals surface area contributed by atoms with Gasteiger partial charge in [-0.15, -0.1) is 11.3 Å². The van der Waals surface area contributed by atoms with E-state index in [4.69, 9.17) is 9.84 Å². The number of nitrogens with one attached hydrogen (secondary N) is 2. The van der Waals surface area contributed by atoms with Crippen LogP contribution in [0.25, 0.3) is 0 Å². The summed E-state index contributed by atoms with van der Waals surface area (Å²) in [6.07, 6.45) is -0.165. The number of hydrogen-bond donors (Lipinski definition) is 3. The molecule has 2 heterocycles. The average molecular weight is 389 g/mol. The molecule has 1 aliphatic heterocycles. The summed E-state index contributed by atoms with van der Waals surface area (Å²) in [5.74, 6) is -1.24. The maximum atomic E-state index is 12.7. The van der Waals surface area contributed by atoms with Crippen LogP contribution < -0.4 is 10.6 Å². The van der Waals surface area contributed by atoms with Gasteiger partial charge in [0.15, 0.2) is 0 Å². The summed E-state index contributed by atoms with van der Waals surface area (Å²) in [4.78, 5) is 37.7. The van der Waals surface area contributed by atoms with Crippen LogP contribution >= 0.6 is 11.3 Å². The molecule has 9 heteroatoms. The summed E-state index contributed by atoms with van der Waals surface area (Å²) in [7, 11) is 0. The second-order valence-electron chi connectivity index (χ2n) is 5.93. The second kappa shape index (κ2) is 8.65. The van der Waals surface area contributed by atoms with E-state index in [-0.39, 0.29) is 18.9 Å². The largest absolute Gasteiger partial charge is 0.481 e. The SMILES string of the molecule is O=C(O)CC1COCCN1C(=O)c1ccc(NC(=O)Nc2ccccc2)s1. The summed E-state index contributed by atoms with van der Waals surface area (Å²) in [6, 6.07) is 11.4. The number of aliphatic carboxylic acids is 1. The number of morpholine rings is 1. The Morgan fingerprint density at radius 2 is 1.93 bits per heavy atom. The number of carboxylic acids is 1. The predicted octanol–water partition coefficient (Wildman–Crippen LogP) is 2.71.